The van der Waals surface area contributed by atoms with E-state index in [1.807, 2.05) is 0 Å². The molecule has 0 aromatic carbocycles. The average molecular weight is 102 g/mol. The van der Waals surface area contributed by atoms with Crippen molar-refractivity contribution < 1.29 is 0 Å². The molecule has 1 aliphatic rings. The van der Waals surface area contributed by atoms with Gasteiger partial charge in [0.25, 0.3) is 0 Å². The van der Waals surface area contributed by atoms with E-state index in [0.29, 0.717) is 0 Å². The highest BCUT2D eigenvalue weighted by Crippen LogP contribution is 2.27. The highest BCUT2D eigenvalue weighted by molar-refractivity contribution is 8.23. The van der Waals surface area contributed by atoms with Gasteiger partial charge in [0.15, 0.2) is 0 Å². The van der Waals surface area contributed by atoms with E-state index >= 15 is 0 Å². The van der Waals surface area contributed by atoms with Crippen LogP contribution in [0.1, 0.15) is 13.3 Å². The van der Waals surface area contributed by atoms with Gasteiger partial charge >= 0.3 is 0 Å². The summed E-state index contributed by atoms with van der Waals surface area (Å²) in [4.78, 5) is 1.79. The van der Waals surface area contributed by atoms with E-state index in [4.69, 9.17) is 0 Å². The first-order chi connectivity index (χ1) is 2.84. The molecule has 0 amide bonds. The van der Waals surface area contributed by atoms with Crippen molar-refractivity contribution >= 4 is 15.3 Å². The lowest BCUT2D eigenvalue weighted by molar-refractivity contribution is 1.32. The van der Waals surface area contributed by atoms with Crippen LogP contribution in [0.4, 0.5) is 0 Å². The van der Waals surface area contributed by atoms with Crippen molar-refractivity contribution in [1.82, 2.24) is 0 Å². The summed E-state index contributed by atoms with van der Waals surface area (Å²) in [5.74, 6) is 1.44. The first kappa shape index (κ1) is 4.38. The average Bonchev–Trinajstić information content (AvgIpc) is 2.19. The Kier molecular flexibility index (Phi) is 1.00. The van der Waals surface area contributed by atoms with Gasteiger partial charge in [-0.25, -0.2) is 0 Å². The Labute approximate surface area is 41.5 Å². The van der Waals surface area contributed by atoms with Crippen LogP contribution in [-0.4, -0.2) is 16.9 Å². The molecule has 1 heteroatoms. The Morgan fingerprint density at radius 1 is 1.83 bits per heavy atom. The normalized spacial score (nSPS) is 31.0. The van der Waals surface area contributed by atoms with Gasteiger partial charge < -0.3 is 0 Å². The first-order valence-corrected chi connectivity index (χ1v) is 4.12. The van der Waals surface area contributed by atoms with Gasteiger partial charge in [-0.3, -0.25) is 0 Å². The van der Waals surface area contributed by atoms with Crippen LogP contribution < -0.4 is 0 Å². The Hall–Kier alpha value is 0.220. The standard InChI is InChI=1S/C5H10S/c1-3-5-4-6(5)2/h3-4H2,1-2H3. The predicted octanol–water partition coefficient (Wildman–Crippen LogP) is 1.48. The molecule has 36 valence electrons. The van der Waals surface area contributed by atoms with Crippen LogP contribution in [0.5, 0.6) is 0 Å². The summed E-state index contributed by atoms with van der Waals surface area (Å²) in [5.41, 5.74) is 0. The molecule has 0 aromatic rings. The Morgan fingerprint density at radius 3 is 2.33 bits per heavy atom. The van der Waals surface area contributed by atoms with Gasteiger partial charge in [0.1, 0.15) is 0 Å². The van der Waals surface area contributed by atoms with Crippen LogP contribution in [0, 0.1) is 0 Å². The lowest BCUT2D eigenvalue weighted by Gasteiger charge is -1.66. The van der Waals surface area contributed by atoms with Gasteiger partial charge in [-0.05, 0) is 17.5 Å². The lowest BCUT2D eigenvalue weighted by atomic mass is 10.4. The van der Waals surface area contributed by atoms with Gasteiger partial charge in [-0.1, -0.05) is 6.92 Å². The van der Waals surface area contributed by atoms with Crippen molar-refractivity contribution in [3.05, 3.63) is 0 Å². The summed E-state index contributed by atoms with van der Waals surface area (Å²) in [6.45, 7) is 2.24. The molecule has 1 atom stereocenters. The van der Waals surface area contributed by atoms with E-state index in [2.05, 4.69) is 13.2 Å². The molecular formula is C5H10S. The molecule has 0 saturated carbocycles. The fourth-order valence-corrected chi connectivity index (χ4v) is 2.03. The van der Waals surface area contributed by atoms with Crippen molar-refractivity contribution in [2.75, 3.05) is 12.0 Å². The molecule has 0 radical (unpaired) electrons. The maximum Gasteiger partial charge on any atom is 0.0145 e. The second kappa shape index (κ2) is 1.38. The fraction of sp³-hybridized carbons (Fsp3) is 0.800. The molecule has 1 unspecified atom stereocenters. The second-order valence-electron chi connectivity index (χ2n) is 1.67. The van der Waals surface area contributed by atoms with E-state index in [1.165, 1.54) is 12.2 Å². The zero-order valence-electron chi connectivity index (χ0n) is 4.32. The molecular weight excluding hydrogens is 92.1 g/mol. The maximum absolute atomic E-state index is 2.32. The van der Waals surface area contributed by atoms with Crippen LogP contribution in [0.3, 0.4) is 0 Å². The van der Waals surface area contributed by atoms with Gasteiger partial charge in [0.05, 0.1) is 0 Å². The van der Waals surface area contributed by atoms with Crippen molar-refractivity contribution in [3.8, 4) is 0 Å². The SMILES string of the molecule is CCC1=S(C)C1. The number of hydrogen-bond acceptors (Lipinski definition) is 0. The van der Waals surface area contributed by atoms with Crippen LogP contribution in [0.25, 0.3) is 0 Å². The molecule has 0 aromatic heterocycles. The summed E-state index contributed by atoms with van der Waals surface area (Å²) >= 11 is 0. The van der Waals surface area contributed by atoms with Gasteiger partial charge in [0.2, 0.25) is 0 Å². The zero-order valence-corrected chi connectivity index (χ0v) is 5.14. The molecule has 0 spiro atoms. The van der Waals surface area contributed by atoms with Crippen LogP contribution >= 0.6 is 10.5 Å². The third-order valence-electron chi connectivity index (χ3n) is 1.18. The largest absolute Gasteiger partial charge is 0.184 e. The second-order valence-corrected chi connectivity index (χ2v) is 3.81. The molecule has 0 aliphatic carbocycles. The molecule has 1 heterocycles. The monoisotopic (exact) mass is 102 g/mol. The fourth-order valence-electron chi connectivity index (χ4n) is 0.560. The van der Waals surface area contributed by atoms with Crippen LogP contribution in [-0.2, 0) is 0 Å². The molecule has 6 heavy (non-hydrogen) atoms. The van der Waals surface area contributed by atoms with E-state index in [0.717, 1.165) is 10.5 Å². The third-order valence-corrected chi connectivity index (χ3v) is 3.03. The van der Waals surface area contributed by atoms with E-state index < -0.39 is 0 Å². The van der Waals surface area contributed by atoms with Crippen molar-refractivity contribution in [2.24, 2.45) is 0 Å². The minimum absolute atomic E-state index is 0.768. The van der Waals surface area contributed by atoms with Crippen molar-refractivity contribution in [3.63, 3.8) is 0 Å². The first-order valence-electron chi connectivity index (χ1n) is 2.32. The summed E-state index contributed by atoms with van der Waals surface area (Å²) in [6.07, 6.45) is 3.65. The van der Waals surface area contributed by atoms with E-state index in [1.54, 1.807) is 4.86 Å². The Bertz CT molecular complexity index is 92.1. The molecule has 0 bridgehead atoms. The smallest absolute Gasteiger partial charge is 0.0145 e. The minimum atomic E-state index is 0.768. The van der Waals surface area contributed by atoms with E-state index in [-0.39, 0.29) is 0 Å². The van der Waals surface area contributed by atoms with Crippen LogP contribution in [0.2, 0.25) is 0 Å². The molecule has 0 fully saturated rings. The van der Waals surface area contributed by atoms with Gasteiger partial charge in [0, 0.05) is 5.75 Å². The van der Waals surface area contributed by atoms with Gasteiger partial charge in [-0.15, -0.1) is 0 Å². The summed E-state index contributed by atoms with van der Waals surface area (Å²) in [7, 11) is 0.768. The molecule has 0 nitrogen and oxygen atoms in total. The van der Waals surface area contributed by atoms with Crippen LogP contribution in [0.15, 0.2) is 0 Å². The van der Waals surface area contributed by atoms with Crippen molar-refractivity contribution in [2.45, 2.75) is 13.3 Å². The highest BCUT2D eigenvalue weighted by Gasteiger charge is 2.10. The van der Waals surface area contributed by atoms with Crippen molar-refractivity contribution in [1.29, 1.82) is 0 Å². The molecule has 1 aliphatic heterocycles. The Balaban J connectivity index is 2.38. The Morgan fingerprint density at radius 2 is 2.33 bits per heavy atom. The number of hydrogen-bond donors (Lipinski definition) is 0. The summed E-state index contributed by atoms with van der Waals surface area (Å²) < 4.78 is 0. The summed E-state index contributed by atoms with van der Waals surface area (Å²) in [5, 5.41) is 0. The topological polar surface area (TPSA) is 0 Å². The lowest BCUT2D eigenvalue weighted by Crippen LogP contribution is -1.71. The maximum atomic E-state index is 2.32. The number of rotatable bonds is 1. The quantitative estimate of drug-likeness (QED) is 0.440. The highest BCUT2D eigenvalue weighted by atomic mass is 32.2. The van der Waals surface area contributed by atoms with Gasteiger partial charge in [-0.2, -0.15) is 10.5 Å². The zero-order chi connectivity index (χ0) is 4.57. The predicted molar refractivity (Wildman–Crippen MR) is 33.7 cm³/mol. The molecule has 0 N–H and O–H groups in total. The molecule has 1 rings (SSSR count). The third kappa shape index (κ3) is 0.648. The summed E-state index contributed by atoms with van der Waals surface area (Å²) in [6, 6.07) is 0. The minimum Gasteiger partial charge on any atom is -0.184 e. The van der Waals surface area contributed by atoms with E-state index in [9.17, 15) is 0 Å². The molecule has 0 saturated heterocycles.